The molecule has 4 heteroatoms. The second-order valence-electron chi connectivity index (χ2n) is 5.57. The molecule has 0 bridgehead atoms. The highest BCUT2D eigenvalue weighted by atomic mass is 35.5. The van der Waals surface area contributed by atoms with E-state index in [1.165, 1.54) is 0 Å². The molecule has 0 atom stereocenters. The summed E-state index contributed by atoms with van der Waals surface area (Å²) in [5.74, 6) is 0.938. The van der Waals surface area contributed by atoms with Gasteiger partial charge < -0.3 is 4.90 Å². The zero-order chi connectivity index (χ0) is 16.2. The summed E-state index contributed by atoms with van der Waals surface area (Å²) in [5, 5.41) is 0.629. The highest BCUT2D eigenvalue weighted by Gasteiger charge is 2.23. The Hall–Kier alpha value is -2.13. The Balaban J connectivity index is 1.98. The van der Waals surface area contributed by atoms with E-state index in [1.54, 1.807) is 24.3 Å². The van der Waals surface area contributed by atoms with Gasteiger partial charge in [-0.3, -0.25) is 9.79 Å². The Morgan fingerprint density at radius 3 is 2.65 bits per heavy atom. The standard InChI is InChI=1S/C19H19ClN2O/c1-2-12-22-13-11-21-19(22)17-6-4-3-5-16(17)18(23)14-7-9-15(20)10-8-14/h3-10H,2,11-13H2,1H3. The SMILES string of the molecule is CCCN1CCN=C1c1ccccc1C(=O)c1ccc(Cl)cc1. The fourth-order valence-electron chi connectivity index (χ4n) is 2.86. The Kier molecular flexibility index (Phi) is 4.77. The van der Waals surface area contributed by atoms with Crippen LogP contribution in [0.15, 0.2) is 53.5 Å². The van der Waals surface area contributed by atoms with Gasteiger partial charge in [-0.15, -0.1) is 0 Å². The van der Waals surface area contributed by atoms with Crippen LogP contribution in [0.5, 0.6) is 0 Å². The van der Waals surface area contributed by atoms with Crippen LogP contribution in [0.1, 0.15) is 34.8 Å². The van der Waals surface area contributed by atoms with Crippen LogP contribution in [0, 0.1) is 0 Å². The summed E-state index contributed by atoms with van der Waals surface area (Å²) < 4.78 is 0. The van der Waals surface area contributed by atoms with Crippen molar-refractivity contribution in [1.29, 1.82) is 0 Å². The number of ketones is 1. The normalized spacial score (nSPS) is 14.0. The molecule has 2 aromatic rings. The summed E-state index contributed by atoms with van der Waals surface area (Å²) in [6.07, 6.45) is 1.06. The molecule has 0 amide bonds. The summed E-state index contributed by atoms with van der Waals surface area (Å²) in [5.41, 5.74) is 2.25. The number of carbonyl (C=O) groups excluding carboxylic acids is 1. The summed E-state index contributed by atoms with van der Waals surface area (Å²) in [6, 6.07) is 14.7. The maximum atomic E-state index is 12.9. The first-order valence-corrected chi connectivity index (χ1v) is 8.27. The van der Waals surface area contributed by atoms with E-state index < -0.39 is 0 Å². The molecule has 0 saturated carbocycles. The van der Waals surface area contributed by atoms with E-state index in [4.69, 9.17) is 11.6 Å². The summed E-state index contributed by atoms with van der Waals surface area (Å²) in [6.45, 7) is 4.83. The third-order valence-electron chi connectivity index (χ3n) is 3.94. The van der Waals surface area contributed by atoms with Gasteiger partial charge >= 0.3 is 0 Å². The Morgan fingerprint density at radius 1 is 1.17 bits per heavy atom. The molecule has 0 aromatic heterocycles. The molecule has 0 unspecified atom stereocenters. The molecule has 3 nitrogen and oxygen atoms in total. The third kappa shape index (κ3) is 3.30. The van der Waals surface area contributed by atoms with Crippen LogP contribution in [-0.2, 0) is 0 Å². The van der Waals surface area contributed by atoms with Gasteiger partial charge in [-0.25, -0.2) is 0 Å². The molecular weight excluding hydrogens is 308 g/mol. The third-order valence-corrected chi connectivity index (χ3v) is 4.20. The van der Waals surface area contributed by atoms with Crippen molar-refractivity contribution in [2.24, 2.45) is 4.99 Å². The van der Waals surface area contributed by atoms with Crippen molar-refractivity contribution in [3.05, 3.63) is 70.2 Å². The average molecular weight is 327 g/mol. The van der Waals surface area contributed by atoms with Crippen molar-refractivity contribution < 1.29 is 4.79 Å². The first-order valence-electron chi connectivity index (χ1n) is 7.89. The van der Waals surface area contributed by atoms with Crippen molar-refractivity contribution in [1.82, 2.24) is 4.90 Å². The van der Waals surface area contributed by atoms with E-state index in [0.29, 0.717) is 16.1 Å². The van der Waals surface area contributed by atoms with Crippen LogP contribution in [0.4, 0.5) is 0 Å². The van der Waals surface area contributed by atoms with E-state index in [1.807, 2.05) is 24.3 Å². The highest BCUT2D eigenvalue weighted by Crippen LogP contribution is 2.20. The zero-order valence-corrected chi connectivity index (χ0v) is 13.9. The summed E-state index contributed by atoms with van der Waals surface area (Å²) >= 11 is 5.91. The van der Waals surface area contributed by atoms with E-state index in [2.05, 4.69) is 16.8 Å². The fraction of sp³-hybridized carbons (Fsp3) is 0.263. The molecular formula is C19H19ClN2O. The highest BCUT2D eigenvalue weighted by molar-refractivity contribution is 6.30. The largest absolute Gasteiger partial charge is 0.355 e. The van der Waals surface area contributed by atoms with Crippen molar-refractivity contribution in [3.63, 3.8) is 0 Å². The topological polar surface area (TPSA) is 32.7 Å². The first kappa shape index (κ1) is 15.8. The monoisotopic (exact) mass is 326 g/mol. The lowest BCUT2D eigenvalue weighted by Gasteiger charge is -2.21. The number of nitrogens with zero attached hydrogens (tertiary/aromatic N) is 2. The van der Waals surface area contributed by atoms with Gasteiger partial charge in [-0.2, -0.15) is 0 Å². The van der Waals surface area contributed by atoms with E-state index >= 15 is 0 Å². The minimum atomic E-state index is 0.00307. The molecule has 0 N–H and O–H groups in total. The number of carbonyl (C=O) groups is 1. The van der Waals surface area contributed by atoms with Gasteiger partial charge in [0.05, 0.1) is 6.54 Å². The molecule has 0 saturated heterocycles. The van der Waals surface area contributed by atoms with E-state index in [-0.39, 0.29) is 5.78 Å². The second kappa shape index (κ2) is 6.97. The minimum Gasteiger partial charge on any atom is -0.355 e. The maximum Gasteiger partial charge on any atom is 0.193 e. The van der Waals surface area contributed by atoms with Crippen molar-refractivity contribution in [2.45, 2.75) is 13.3 Å². The number of aliphatic imine (C=N–C) groups is 1. The lowest BCUT2D eigenvalue weighted by atomic mass is 9.97. The van der Waals surface area contributed by atoms with Crippen LogP contribution in [0.2, 0.25) is 5.02 Å². The number of rotatable bonds is 5. The Bertz CT molecular complexity index is 737. The number of hydrogen-bond donors (Lipinski definition) is 0. The molecule has 1 aliphatic rings. The first-order chi connectivity index (χ1) is 11.2. The zero-order valence-electron chi connectivity index (χ0n) is 13.1. The smallest absolute Gasteiger partial charge is 0.193 e. The van der Waals surface area contributed by atoms with Crippen LogP contribution < -0.4 is 0 Å². The molecule has 1 aliphatic heterocycles. The summed E-state index contributed by atoms with van der Waals surface area (Å²) in [4.78, 5) is 19.8. The molecule has 1 heterocycles. The maximum absolute atomic E-state index is 12.9. The fourth-order valence-corrected chi connectivity index (χ4v) is 2.98. The van der Waals surface area contributed by atoms with E-state index in [9.17, 15) is 4.79 Å². The molecule has 0 fully saturated rings. The van der Waals surface area contributed by atoms with Crippen molar-refractivity contribution >= 4 is 23.2 Å². The molecule has 118 valence electrons. The molecule has 3 rings (SSSR count). The average Bonchev–Trinajstić information content (AvgIpc) is 3.03. The van der Waals surface area contributed by atoms with Gasteiger partial charge in [-0.05, 0) is 30.7 Å². The van der Waals surface area contributed by atoms with Gasteiger partial charge in [0.15, 0.2) is 5.78 Å². The second-order valence-corrected chi connectivity index (χ2v) is 6.01. The lowest BCUT2D eigenvalue weighted by Crippen LogP contribution is -2.30. The quantitative estimate of drug-likeness (QED) is 0.777. The number of halogens is 1. The van der Waals surface area contributed by atoms with Crippen LogP contribution in [0.25, 0.3) is 0 Å². The van der Waals surface area contributed by atoms with Gasteiger partial charge in [0.25, 0.3) is 0 Å². The molecule has 0 aliphatic carbocycles. The Labute approximate surface area is 141 Å². The predicted molar refractivity (Wildman–Crippen MR) is 94.6 cm³/mol. The number of hydrogen-bond acceptors (Lipinski definition) is 3. The summed E-state index contributed by atoms with van der Waals surface area (Å²) in [7, 11) is 0. The predicted octanol–water partition coefficient (Wildman–Crippen LogP) is 4.04. The minimum absolute atomic E-state index is 0.00307. The van der Waals surface area contributed by atoms with Gasteiger partial charge in [0.2, 0.25) is 0 Å². The lowest BCUT2D eigenvalue weighted by molar-refractivity contribution is 0.103. The molecule has 0 spiro atoms. The number of amidine groups is 1. The van der Waals surface area contributed by atoms with E-state index in [0.717, 1.165) is 37.5 Å². The molecule has 2 aromatic carbocycles. The Morgan fingerprint density at radius 2 is 1.91 bits per heavy atom. The van der Waals surface area contributed by atoms with Crippen molar-refractivity contribution in [2.75, 3.05) is 19.6 Å². The van der Waals surface area contributed by atoms with Gasteiger partial charge in [0, 0.05) is 34.8 Å². The van der Waals surface area contributed by atoms with Gasteiger partial charge in [0.1, 0.15) is 5.84 Å². The van der Waals surface area contributed by atoms with Crippen molar-refractivity contribution in [3.8, 4) is 0 Å². The molecule has 0 radical (unpaired) electrons. The van der Waals surface area contributed by atoms with Crippen LogP contribution >= 0.6 is 11.6 Å². The van der Waals surface area contributed by atoms with Gasteiger partial charge in [-0.1, -0.05) is 42.8 Å². The number of benzene rings is 2. The van der Waals surface area contributed by atoms with Crippen LogP contribution in [-0.4, -0.2) is 36.2 Å². The van der Waals surface area contributed by atoms with Crippen LogP contribution in [0.3, 0.4) is 0 Å². The molecule has 23 heavy (non-hydrogen) atoms.